The minimum atomic E-state index is -0.619. The van der Waals surface area contributed by atoms with E-state index in [1.54, 1.807) is 6.07 Å². The maximum Gasteiger partial charge on any atom is 0.267 e. The van der Waals surface area contributed by atoms with Crippen LogP contribution in [0, 0.1) is 0 Å². The van der Waals surface area contributed by atoms with E-state index in [2.05, 4.69) is 4.90 Å². The number of aromatic hydroxyl groups is 1. The molecule has 4 aromatic rings. The van der Waals surface area contributed by atoms with Crippen LogP contribution in [0.2, 0.25) is 0 Å². The average molecular weight is 444 g/mol. The number of piperazine rings is 1. The first-order valence-corrected chi connectivity index (χ1v) is 11.2. The quantitative estimate of drug-likeness (QED) is 0.519. The lowest BCUT2D eigenvalue weighted by Crippen LogP contribution is -2.53. The lowest BCUT2D eigenvalue weighted by Gasteiger charge is -2.37. The molecule has 1 saturated heterocycles. The standard InChI is InChI=1S/C26H24N2O5/c29-20-14-19-18-5-1-2-6-21(18)32-24(19)13-17(20)15-27-9-11-28(12-10-27)26(30)25-16-31-22-7-3-4-8-23(22)33-25/h1-8,13-14,25,29H,9-12,15-16H2/t25-/m0/s1. The molecule has 2 aliphatic rings. The van der Waals surface area contributed by atoms with Crippen molar-refractivity contribution in [3.8, 4) is 17.2 Å². The van der Waals surface area contributed by atoms with Crippen LogP contribution in [0.5, 0.6) is 17.2 Å². The molecule has 1 amide bonds. The Hall–Kier alpha value is -3.71. The van der Waals surface area contributed by atoms with Crippen LogP contribution in [0.1, 0.15) is 5.56 Å². The van der Waals surface area contributed by atoms with Crippen molar-refractivity contribution in [1.82, 2.24) is 9.80 Å². The Morgan fingerprint density at radius 2 is 1.67 bits per heavy atom. The summed E-state index contributed by atoms with van der Waals surface area (Å²) in [4.78, 5) is 17.0. The van der Waals surface area contributed by atoms with Crippen LogP contribution >= 0.6 is 0 Å². The zero-order valence-electron chi connectivity index (χ0n) is 18.1. The number of benzene rings is 3. The summed E-state index contributed by atoms with van der Waals surface area (Å²) in [5.41, 5.74) is 2.40. The second-order valence-electron chi connectivity index (χ2n) is 8.54. The van der Waals surface area contributed by atoms with Crippen molar-refractivity contribution in [2.24, 2.45) is 0 Å². The van der Waals surface area contributed by atoms with Gasteiger partial charge in [-0.15, -0.1) is 0 Å². The highest BCUT2D eigenvalue weighted by Crippen LogP contribution is 2.34. The number of furan rings is 1. The zero-order chi connectivity index (χ0) is 22.4. The number of phenols is 1. The summed E-state index contributed by atoms with van der Waals surface area (Å²) >= 11 is 0. The van der Waals surface area contributed by atoms with Crippen molar-refractivity contribution in [1.29, 1.82) is 0 Å². The summed E-state index contributed by atoms with van der Waals surface area (Å²) < 4.78 is 17.5. The third-order valence-electron chi connectivity index (χ3n) is 6.44. The Balaban J connectivity index is 1.11. The molecule has 3 heterocycles. The monoisotopic (exact) mass is 444 g/mol. The molecule has 7 nitrogen and oxygen atoms in total. The van der Waals surface area contributed by atoms with Gasteiger partial charge in [0.25, 0.3) is 5.91 Å². The fourth-order valence-corrected chi connectivity index (χ4v) is 4.64. The SMILES string of the molecule is O=C([C@@H]1COc2ccccc2O1)N1CCN(Cc2cc3oc4ccccc4c3cc2O)CC1. The summed E-state index contributed by atoms with van der Waals surface area (Å²) in [7, 11) is 0. The van der Waals surface area contributed by atoms with Gasteiger partial charge in [0.15, 0.2) is 11.5 Å². The fraction of sp³-hybridized carbons (Fsp3) is 0.269. The number of fused-ring (bicyclic) bond motifs is 4. The van der Waals surface area contributed by atoms with E-state index in [0.717, 1.165) is 27.5 Å². The van der Waals surface area contributed by atoms with E-state index in [9.17, 15) is 9.90 Å². The van der Waals surface area contributed by atoms with Gasteiger partial charge in [-0.2, -0.15) is 0 Å². The van der Waals surface area contributed by atoms with Crippen LogP contribution in [0.25, 0.3) is 21.9 Å². The van der Waals surface area contributed by atoms with Crippen LogP contribution in [-0.4, -0.2) is 59.7 Å². The lowest BCUT2D eigenvalue weighted by molar-refractivity contribution is -0.143. The summed E-state index contributed by atoms with van der Waals surface area (Å²) in [5.74, 6) is 1.50. The predicted octanol–water partition coefficient (Wildman–Crippen LogP) is 3.78. The molecule has 0 radical (unpaired) electrons. The van der Waals surface area contributed by atoms with Crippen LogP contribution in [-0.2, 0) is 11.3 Å². The topological polar surface area (TPSA) is 75.4 Å². The highest BCUT2D eigenvalue weighted by molar-refractivity contribution is 6.05. The minimum absolute atomic E-state index is 0.0457. The van der Waals surface area contributed by atoms with Gasteiger partial charge in [-0.25, -0.2) is 0 Å². The van der Waals surface area contributed by atoms with E-state index >= 15 is 0 Å². The molecule has 0 unspecified atom stereocenters. The van der Waals surface area contributed by atoms with Gasteiger partial charge in [-0.3, -0.25) is 9.69 Å². The Kier molecular flexibility index (Phi) is 4.84. The first kappa shape index (κ1) is 19.9. The number of rotatable bonds is 3. The Bertz CT molecular complexity index is 1340. The van der Waals surface area contributed by atoms with Crippen molar-refractivity contribution >= 4 is 27.8 Å². The average Bonchev–Trinajstić information content (AvgIpc) is 3.21. The molecule has 6 rings (SSSR count). The van der Waals surface area contributed by atoms with Crippen LogP contribution < -0.4 is 9.47 Å². The van der Waals surface area contributed by atoms with Crippen LogP contribution in [0.3, 0.4) is 0 Å². The second kappa shape index (κ2) is 8.01. The zero-order valence-corrected chi connectivity index (χ0v) is 18.1. The third kappa shape index (κ3) is 3.64. The molecule has 0 spiro atoms. The Morgan fingerprint density at radius 1 is 0.909 bits per heavy atom. The molecule has 0 aliphatic carbocycles. The molecular weight excluding hydrogens is 420 g/mol. The number of para-hydroxylation sites is 3. The smallest absolute Gasteiger partial charge is 0.267 e. The number of ether oxygens (including phenoxy) is 2. The maximum absolute atomic E-state index is 13.0. The van der Waals surface area contributed by atoms with Gasteiger partial charge in [-0.1, -0.05) is 30.3 Å². The molecular formula is C26H24N2O5. The first-order chi connectivity index (χ1) is 16.2. The predicted molar refractivity (Wildman–Crippen MR) is 124 cm³/mol. The molecule has 1 fully saturated rings. The maximum atomic E-state index is 13.0. The molecule has 3 aromatic carbocycles. The lowest BCUT2D eigenvalue weighted by atomic mass is 10.1. The van der Waals surface area contributed by atoms with E-state index in [0.29, 0.717) is 44.2 Å². The number of carbonyl (C=O) groups is 1. The summed E-state index contributed by atoms with van der Waals surface area (Å²) in [6.45, 7) is 3.46. The van der Waals surface area contributed by atoms with Crippen molar-refractivity contribution in [3.63, 3.8) is 0 Å². The molecule has 1 aromatic heterocycles. The summed E-state index contributed by atoms with van der Waals surface area (Å²) in [6, 6.07) is 18.9. The Labute approximate surface area is 190 Å². The van der Waals surface area contributed by atoms with Gasteiger partial charge in [0.1, 0.15) is 23.5 Å². The van der Waals surface area contributed by atoms with Gasteiger partial charge in [0, 0.05) is 49.1 Å². The molecule has 1 atom stereocenters. The molecule has 2 aliphatic heterocycles. The summed E-state index contributed by atoms with van der Waals surface area (Å²) in [5, 5.41) is 12.6. The van der Waals surface area contributed by atoms with E-state index < -0.39 is 6.10 Å². The van der Waals surface area contributed by atoms with E-state index in [-0.39, 0.29) is 18.3 Å². The second-order valence-corrected chi connectivity index (χ2v) is 8.54. The van der Waals surface area contributed by atoms with E-state index in [1.165, 1.54) is 0 Å². The van der Waals surface area contributed by atoms with Gasteiger partial charge >= 0.3 is 0 Å². The van der Waals surface area contributed by atoms with Gasteiger partial charge in [-0.05, 0) is 30.3 Å². The first-order valence-electron chi connectivity index (χ1n) is 11.2. The van der Waals surface area contributed by atoms with E-state index in [1.807, 2.05) is 59.5 Å². The van der Waals surface area contributed by atoms with Crippen LogP contribution in [0.4, 0.5) is 0 Å². The third-order valence-corrected chi connectivity index (χ3v) is 6.44. The van der Waals surface area contributed by atoms with Crippen molar-refractivity contribution in [3.05, 3.63) is 66.2 Å². The highest BCUT2D eigenvalue weighted by atomic mass is 16.6. The van der Waals surface area contributed by atoms with Gasteiger partial charge < -0.3 is 23.9 Å². The number of hydrogen-bond donors (Lipinski definition) is 1. The number of carbonyl (C=O) groups excluding carboxylic acids is 1. The van der Waals surface area contributed by atoms with Crippen molar-refractivity contribution in [2.75, 3.05) is 32.8 Å². The number of phenolic OH excluding ortho intramolecular Hbond substituents is 1. The number of hydrogen-bond acceptors (Lipinski definition) is 6. The Morgan fingerprint density at radius 3 is 2.52 bits per heavy atom. The highest BCUT2D eigenvalue weighted by Gasteiger charge is 2.32. The van der Waals surface area contributed by atoms with Crippen molar-refractivity contribution < 1.29 is 23.8 Å². The number of nitrogens with zero attached hydrogens (tertiary/aromatic N) is 2. The molecule has 0 saturated carbocycles. The fourth-order valence-electron chi connectivity index (χ4n) is 4.64. The van der Waals surface area contributed by atoms with Gasteiger partial charge in [0.2, 0.25) is 6.10 Å². The molecule has 168 valence electrons. The van der Waals surface area contributed by atoms with E-state index in [4.69, 9.17) is 13.9 Å². The largest absolute Gasteiger partial charge is 0.508 e. The van der Waals surface area contributed by atoms with Gasteiger partial charge in [0.05, 0.1) is 0 Å². The molecule has 1 N–H and O–H groups in total. The molecule has 7 heteroatoms. The van der Waals surface area contributed by atoms with Crippen molar-refractivity contribution in [2.45, 2.75) is 12.6 Å². The van der Waals surface area contributed by atoms with Crippen LogP contribution in [0.15, 0.2) is 65.1 Å². The minimum Gasteiger partial charge on any atom is -0.508 e. The summed E-state index contributed by atoms with van der Waals surface area (Å²) in [6.07, 6.45) is -0.619. The molecule has 33 heavy (non-hydrogen) atoms. The molecule has 0 bridgehead atoms. The normalized spacial score (nSPS) is 18.7. The number of amides is 1.